The zero-order valence-electron chi connectivity index (χ0n) is 22.4. The van der Waals surface area contributed by atoms with Crippen molar-refractivity contribution in [1.29, 1.82) is 0 Å². The number of ether oxygens (including phenoxy) is 2. The number of methoxy groups -OCH3 is 2. The van der Waals surface area contributed by atoms with E-state index in [1.165, 1.54) is 32.8 Å². The summed E-state index contributed by atoms with van der Waals surface area (Å²) < 4.78 is 55.2. The smallest absolute Gasteiger partial charge is 0.268 e. The third-order valence-corrected chi connectivity index (χ3v) is 9.03. The molecule has 9 nitrogen and oxygen atoms in total. The van der Waals surface area contributed by atoms with Crippen LogP contribution in [0.5, 0.6) is 11.5 Å². The number of benzene rings is 2. The molecule has 2 atom stereocenters. The van der Waals surface area contributed by atoms with Crippen LogP contribution in [0.2, 0.25) is 5.02 Å². The van der Waals surface area contributed by atoms with Crippen molar-refractivity contribution in [1.82, 2.24) is 14.9 Å². The van der Waals surface area contributed by atoms with Crippen LogP contribution in [0, 0.1) is 5.82 Å². The van der Waals surface area contributed by atoms with Crippen molar-refractivity contribution in [2.45, 2.75) is 49.2 Å². The first-order valence-corrected chi connectivity index (χ1v) is 14.4. The maximum atomic E-state index is 15.6. The Kier molecular flexibility index (Phi) is 9.14. The minimum absolute atomic E-state index is 0.0631. The standard InChI is InChI=1S/C27H33ClFN5O4S/c1-33(2)24-8-6-5-7-22(24)32-23-15-21(29)26(14-20(23)28)39(35,36)34(27-11-12-30-17-31-27)16-18-9-10-19(37-3)13-25(18)38-4/h9-15,17,22,24,32H,5-8,16H2,1-4H3/t22-,24-/m0/s1. The average molecular weight is 578 g/mol. The Bertz CT molecular complexity index is 1390. The molecule has 1 fully saturated rings. The van der Waals surface area contributed by atoms with Crippen LogP contribution in [0.25, 0.3) is 0 Å². The Morgan fingerprint density at radius 3 is 2.54 bits per heavy atom. The van der Waals surface area contributed by atoms with Gasteiger partial charge in [0.25, 0.3) is 10.0 Å². The zero-order chi connectivity index (χ0) is 28.2. The molecule has 1 aromatic heterocycles. The molecule has 0 saturated heterocycles. The summed E-state index contributed by atoms with van der Waals surface area (Å²) in [6.07, 6.45) is 6.74. The van der Waals surface area contributed by atoms with E-state index >= 15 is 4.39 Å². The van der Waals surface area contributed by atoms with E-state index in [-0.39, 0.29) is 29.5 Å². The van der Waals surface area contributed by atoms with Crippen LogP contribution >= 0.6 is 11.6 Å². The quantitative estimate of drug-likeness (QED) is 0.361. The maximum absolute atomic E-state index is 15.6. The Labute approximate surface area is 234 Å². The first-order valence-electron chi connectivity index (χ1n) is 12.6. The fourth-order valence-electron chi connectivity index (χ4n) is 4.91. The van der Waals surface area contributed by atoms with Crippen molar-refractivity contribution in [3.63, 3.8) is 0 Å². The number of sulfonamides is 1. The molecule has 2 aromatic carbocycles. The lowest BCUT2D eigenvalue weighted by molar-refractivity contribution is 0.211. The van der Waals surface area contributed by atoms with Gasteiger partial charge in [-0.2, -0.15) is 0 Å². The van der Waals surface area contributed by atoms with E-state index in [4.69, 9.17) is 21.1 Å². The van der Waals surface area contributed by atoms with Gasteiger partial charge in [0, 0.05) is 36.0 Å². The van der Waals surface area contributed by atoms with Crippen LogP contribution in [0.15, 0.2) is 53.8 Å². The molecule has 0 radical (unpaired) electrons. The number of hydrogen-bond donors (Lipinski definition) is 1. The van der Waals surface area contributed by atoms with E-state index in [2.05, 4.69) is 20.2 Å². The molecule has 210 valence electrons. The van der Waals surface area contributed by atoms with Gasteiger partial charge in [0.05, 0.1) is 31.5 Å². The fourth-order valence-corrected chi connectivity index (χ4v) is 6.67. The van der Waals surface area contributed by atoms with Gasteiger partial charge < -0.3 is 19.7 Å². The second-order valence-corrected chi connectivity index (χ2v) is 11.8. The van der Waals surface area contributed by atoms with Gasteiger partial charge in [-0.25, -0.2) is 27.1 Å². The molecule has 0 unspecified atom stereocenters. The van der Waals surface area contributed by atoms with E-state index in [9.17, 15) is 8.42 Å². The van der Waals surface area contributed by atoms with Crippen molar-refractivity contribution in [2.75, 3.05) is 37.9 Å². The second-order valence-electron chi connectivity index (χ2n) is 9.59. The predicted octanol–water partition coefficient (Wildman–Crippen LogP) is 4.97. The van der Waals surface area contributed by atoms with Gasteiger partial charge in [0.15, 0.2) is 0 Å². The molecule has 1 aliphatic carbocycles. The van der Waals surface area contributed by atoms with E-state index < -0.39 is 20.7 Å². The molecule has 0 aliphatic heterocycles. The third kappa shape index (κ3) is 6.37. The monoisotopic (exact) mass is 577 g/mol. The Morgan fingerprint density at radius 1 is 1.10 bits per heavy atom. The zero-order valence-corrected chi connectivity index (χ0v) is 24.0. The fraction of sp³-hybridized carbons (Fsp3) is 0.407. The Hall–Kier alpha value is -3.15. The molecule has 1 aliphatic rings. The topological polar surface area (TPSA) is 96.9 Å². The highest BCUT2D eigenvalue weighted by atomic mass is 35.5. The van der Waals surface area contributed by atoms with Gasteiger partial charge in [-0.15, -0.1) is 0 Å². The van der Waals surface area contributed by atoms with Crippen molar-refractivity contribution >= 4 is 33.1 Å². The van der Waals surface area contributed by atoms with Crippen molar-refractivity contribution in [3.05, 3.63) is 65.3 Å². The molecular formula is C27H33ClFN5O4S. The molecule has 1 saturated carbocycles. The van der Waals surface area contributed by atoms with Gasteiger partial charge in [0.2, 0.25) is 0 Å². The summed E-state index contributed by atoms with van der Waals surface area (Å²) in [6, 6.07) is 9.08. The number of halogens is 2. The molecule has 1 N–H and O–H groups in total. The lowest BCUT2D eigenvalue weighted by Crippen LogP contribution is -2.45. The minimum Gasteiger partial charge on any atom is -0.497 e. The van der Waals surface area contributed by atoms with E-state index in [1.807, 2.05) is 14.1 Å². The summed E-state index contributed by atoms with van der Waals surface area (Å²) in [7, 11) is 2.56. The molecule has 4 rings (SSSR count). The largest absolute Gasteiger partial charge is 0.497 e. The van der Waals surface area contributed by atoms with Gasteiger partial charge in [-0.3, -0.25) is 0 Å². The predicted molar refractivity (Wildman–Crippen MR) is 150 cm³/mol. The van der Waals surface area contributed by atoms with Crippen LogP contribution in [0.3, 0.4) is 0 Å². The summed E-state index contributed by atoms with van der Waals surface area (Å²) in [5.41, 5.74) is 0.884. The van der Waals surface area contributed by atoms with Crippen LogP contribution < -0.4 is 19.1 Å². The highest BCUT2D eigenvalue weighted by Gasteiger charge is 2.32. The van der Waals surface area contributed by atoms with Crippen molar-refractivity contribution in [3.8, 4) is 11.5 Å². The number of aromatic nitrogens is 2. The van der Waals surface area contributed by atoms with Gasteiger partial charge in [-0.05, 0) is 51.2 Å². The van der Waals surface area contributed by atoms with Crippen LogP contribution in [-0.2, 0) is 16.6 Å². The number of anilines is 2. The normalized spacial score (nSPS) is 17.6. The first kappa shape index (κ1) is 28.8. The van der Waals surface area contributed by atoms with E-state index in [0.29, 0.717) is 22.7 Å². The number of rotatable bonds is 10. The van der Waals surface area contributed by atoms with E-state index in [0.717, 1.165) is 42.1 Å². The number of likely N-dealkylation sites (N-methyl/N-ethyl adjacent to an activating group) is 1. The SMILES string of the molecule is COc1ccc(CN(c2ccncn2)S(=O)(=O)c2cc(Cl)c(N[C@H]3CCCC[C@@H]3N(C)C)cc2F)c(OC)c1. The Morgan fingerprint density at radius 2 is 1.87 bits per heavy atom. The molecular weight excluding hydrogens is 545 g/mol. The summed E-state index contributed by atoms with van der Waals surface area (Å²) in [4.78, 5) is 9.60. The van der Waals surface area contributed by atoms with E-state index in [1.54, 1.807) is 18.2 Å². The lowest BCUT2D eigenvalue weighted by Gasteiger charge is -2.37. The summed E-state index contributed by atoms with van der Waals surface area (Å²) in [6.45, 7) is -0.184. The molecule has 0 amide bonds. The first-order chi connectivity index (χ1) is 18.6. The van der Waals surface area contributed by atoms with Gasteiger partial charge >= 0.3 is 0 Å². The molecule has 3 aromatic rings. The lowest BCUT2D eigenvalue weighted by atomic mass is 9.89. The highest BCUT2D eigenvalue weighted by Crippen LogP contribution is 2.35. The number of nitrogens with one attached hydrogen (secondary N) is 1. The molecule has 0 spiro atoms. The van der Waals surface area contributed by atoms with Crippen LogP contribution in [0.4, 0.5) is 15.9 Å². The van der Waals surface area contributed by atoms with Gasteiger partial charge in [-0.1, -0.05) is 24.4 Å². The van der Waals surface area contributed by atoms with Crippen LogP contribution in [-0.4, -0.2) is 63.7 Å². The molecule has 39 heavy (non-hydrogen) atoms. The number of nitrogens with zero attached hydrogens (tertiary/aromatic N) is 4. The molecule has 12 heteroatoms. The highest BCUT2D eigenvalue weighted by molar-refractivity contribution is 7.92. The Balaban J connectivity index is 1.71. The van der Waals surface area contributed by atoms with Crippen molar-refractivity contribution in [2.24, 2.45) is 0 Å². The van der Waals surface area contributed by atoms with Crippen LogP contribution in [0.1, 0.15) is 31.2 Å². The summed E-state index contributed by atoms with van der Waals surface area (Å²) in [5.74, 6) is 0.100. The van der Waals surface area contributed by atoms with Crippen molar-refractivity contribution < 1.29 is 22.3 Å². The second kappa shape index (κ2) is 12.4. The minimum atomic E-state index is -4.46. The number of hydrogen-bond acceptors (Lipinski definition) is 8. The summed E-state index contributed by atoms with van der Waals surface area (Å²) in [5, 5.41) is 3.47. The maximum Gasteiger partial charge on any atom is 0.268 e. The third-order valence-electron chi connectivity index (χ3n) is 6.95. The summed E-state index contributed by atoms with van der Waals surface area (Å²) >= 11 is 6.56. The molecule has 1 heterocycles. The average Bonchev–Trinajstić information content (AvgIpc) is 2.93. The molecule has 0 bridgehead atoms. The van der Waals surface area contributed by atoms with Gasteiger partial charge in [0.1, 0.15) is 34.4 Å².